The number of piperidine rings is 1. The summed E-state index contributed by atoms with van der Waals surface area (Å²) in [5, 5.41) is 9.63. The maximum absolute atomic E-state index is 11.1. The molecule has 0 radical (unpaired) electrons. The third kappa shape index (κ3) is 3.95. The first-order valence-corrected chi connectivity index (χ1v) is 7.39. The second-order valence-electron chi connectivity index (χ2n) is 5.43. The predicted molar refractivity (Wildman–Crippen MR) is 79.7 cm³/mol. The number of nitrogens with two attached hydrogens (primary N) is 1. The molecular formula is C15H21ClN2O2. The topological polar surface area (TPSA) is 66.6 Å². The van der Waals surface area contributed by atoms with E-state index in [0.29, 0.717) is 16.5 Å². The molecule has 1 saturated heterocycles. The summed E-state index contributed by atoms with van der Waals surface area (Å²) in [4.78, 5) is 13.5. The first kappa shape index (κ1) is 15.3. The summed E-state index contributed by atoms with van der Waals surface area (Å²) in [7, 11) is 0. The lowest BCUT2D eigenvalue weighted by molar-refractivity contribution is 0.100. The molecule has 0 bridgehead atoms. The van der Waals surface area contributed by atoms with Gasteiger partial charge in [-0.05, 0) is 49.4 Å². The summed E-state index contributed by atoms with van der Waals surface area (Å²) in [6.45, 7) is 3.08. The molecule has 0 aliphatic carbocycles. The fourth-order valence-corrected chi connectivity index (χ4v) is 3.02. The number of likely N-dealkylation sites (tertiary alicyclic amines) is 1. The van der Waals surface area contributed by atoms with E-state index in [1.165, 1.54) is 6.42 Å². The van der Waals surface area contributed by atoms with Crippen molar-refractivity contribution in [2.24, 2.45) is 11.7 Å². The monoisotopic (exact) mass is 296 g/mol. The molecule has 0 spiro atoms. The molecule has 1 heterocycles. The first-order valence-electron chi connectivity index (χ1n) is 7.01. The Morgan fingerprint density at radius 1 is 1.50 bits per heavy atom. The average molecular weight is 297 g/mol. The number of benzene rings is 1. The van der Waals surface area contributed by atoms with Crippen LogP contribution in [-0.2, 0) is 6.54 Å². The van der Waals surface area contributed by atoms with Crippen molar-refractivity contribution in [1.82, 2.24) is 4.90 Å². The molecule has 5 heteroatoms. The third-order valence-corrected chi connectivity index (χ3v) is 4.22. The molecule has 0 aromatic heterocycles. The zero-order valence-corrected chi connectivity index (χ0v) is 12.3. The molecule has 1 aliphatic heterocycles. The molecule has 1 amide bonds. The van der Waals surface area contributed by atoms with Crippen LogP contribution >= 0.6 is 11.6 Å². The van der Waals surface area contributed by atoms with E-state index in [1.54, 1.807) is 12.1 Å². The summed E-state index contributed by atoms with van der Waals surface area (Å²) in [5.41, 5.74) is 6.69. The second-order valence-corrected chi connectivity index (χ2v) is 5.83. The number of nitrogens with zero attached hydrogens (tertiary/aromatic N) is 1. The molecule has 1 fully saturated rings. The third-order valence-electron chi connectivity index (χ3n) is 3.87. The number of amides is 1. The fourth-order valence-electron chi connectivity index (χ4n) is 2.78. The van der Waals surface area contributed by atoms with Gasteiger partial charge >= 0.3 is 0 Å². The van der Waals surface area contributed by atoms with E-state index in [4.69, 9.17) is 22.4 Å². The van der Waals surface area contributed by atoms with Crippen molar-refractivity contribution in [3.8, 4) is 0 Å². The van der Waals surface area contributed by atoms with Gasteiger partial charge in [0.15, 0.2) is 0 Å². The van der Waals surface area contributed by atoms with Crippen molar-refractivity contribution < 1.29 is 9.90 Å². The van der Waals surface area contributed by atoms with E-state index in [0.717, 1.165) is 38.0 Å². The van der Waals surface area contributed by atoms with E-state index in [9.17, 15) is 4.79 Å². The highest BCUT2D eigenvalue weighted by Crippen LogP contribution is 2.24. The van der Waals surface area contributed by atoms with Gasteiger partial charge in [0, 0.05) is 30.3 Å². The SMILES string of the molecule is NC(=O)c1ccc(CN2CCCC(CCO)C2)c(Cl)c1. The highest BCUT2D eigenvalue weighted by Gasteiger charge is 2.20. The average Bonchev–Trinajstić information content (AvgIpc) is 2.42. The number of carbonyl (C=O) groups excluding carboxylic acids is 1. The number of rotatable bonds is 5. The Morgan fingerprint density at radius 2 is 2.30 bits per heavy atom. The fraction of sp³-hybridized carbons (Fsp3) is 0.533. The number of carbonyl (C=O) groups is 1. The zero-order valence-electron chi connectivity index (χ0n) is 11.5. The van der Waals surface area contributed by atoms with Crippen molar-refractivity contribution in [1.29, 1.82) is 0 Å². The molecule has 1 atom stereocenters. The van der Waals surface area contributed by atoms with Crippen LogP contribution in [0.4, 0.5) is 0 Å². The number of hydrogen-bond donors (Lipinski definition) is 2. The Balaban J connectivity index is 2.00. The van der Waals surface area contributed by atoms with Crippen LogP contribution < -0.4 is 5.73 Å². The summed E-state index contributed by atoms with van der Waals surface area (Å²) in [6, 6.07) is 5.23. The molecule has 4 nitrogen and oxygen atoms in total. The van der Waals surface area contributed by atoms with Crippen molar-refractivity contribution in [3.05, 3.63) is 34.3 Å². The zero-order chi connectivity index (χ0) is 14.5. The van der Waals surface area contributed by atoms with Crippen LogP contribution in [0.25, 0.3) is 0 Å². The van der Waals surface area contributed by atoms with Crippen molar-refractivity contribution in [3.63, 3.8) is 0 Å². The van der Waals surface area contributed by atoms with E-state index in [2.05, 4.69) is 4.90 Å². The van der Waals surface area contributed by atoms with Crippen molar-refractivity contribution >= 4 is 17.5 Å². The summed E-state index contributed by atoms with van der Waals surface area (Å²) < 4.78 is 0. The summed E-state index contributed by atoms with van der Waals surface area (Å²) in [5.74, 6) is 0.108. The van der Waals surface area contributed by atoms with Gasteiger partial charge in [-0.1, -0.05) is 17.7 Å². The molecule has 1 aromatic rings. The molecule has 2 rings (SSSR count). The van der Waals surface area contributed by atoms with Gasteiger partial charge in [0.2, 0.25) is 5.91 Å². The van der Waals surface area contributed by atoms with Crippen LogP contribution in [-0.4, -0.2) is 35.6 Å². The van der Waals surface area contributed by atoms with Crippen LogP contribution in [0.15, 0.2) is 18.2 Å². The maximum Gasteiger partial charge on any atom is 0.248 e. The molecule has 20 heavy (non-hydrogen) atoms. The minimum atomic E-state index is -0.459. The normalized spacial score (nSPS) is 20.0. The van der Waals surface area contributed by atoms with E-state index < -0.39 is 5.91 Å². The molecule has 0 saturated carbocycles. The molecule has 1 aromatic carbocycles. The summed E-state index contributed by atoms with van der Waals surface area (Å²) >= 11 is 6.22. The molecule has 110 valence electrons. The molecule has 1 unspecified atom stereocenters. The van der Waals surface area contributed by atoms with E-state index >= 15 is 0 Å². The Labute approximate surface area is 124 Å². The smallest absolute Gasteiger partial charge is 0.248 e. The highest BCUT2D eigenvalue weighted by molar-refractivity contribution is 6.31. The van der Waals surface area contributed by atoms with Gasteiger partial charge in [0.25, 0.3) is 0 Å². The second kappa shape index (κ2) is 7.07. The van der Waals surface area contributed by atoms with Crippen molar-refractivity contribution in [2.45, 2.75) is 25.8 Å². The minimum absolute atomic E-state index is 0.257. The lowest BCUT2D eigenvalue weighted by Gasteiger charge is -2.32. The van der Waals surface area contributed by atoms with Crippen molar-refractivity contribution in [2.75, 3.05) is 19.7 Å². The quantitative estimate of drug-likeness (QED) is 0.874. The van der Waals surface area contributed by atoms with Gasteiger partial charge in [-0.2, -0.15) is 0 Å². The Morgan fingerprint density at radius 3 is 2.95 bits per heavy atom. The predicted octanol–water partition coefficient (Wildman–Crippen LogP) is 2.03. The number of primary amides is 1. The summed E-state index contributed by atoms with van der Waals surface area (Å²) in [6.07, 6.45) is 3.21. The first-order chi connectivity index (χ1) is 9.60. The standard InChI is InChI=1S/C15H21ClN2O2/c16-14-8-12(15(17)20)3-4-13(14)10-18-6-1-2-11(9-18)5-7-19/h3-4,8,11,19H,1-2,5-7,9-10H2,(H2,17,20). The van der Waals surface area contributed by atoms with Crippen LogP contribution in [0.1, 0.15) is 35.2 Å². The number of halogens is 1. The Kier molecular flexibility index (Phi) is 5.40. The maximum atomic E-state index is 11.1. The Bertz CT molecular complexity index is 477. The highest BCUT2D eigenvalue weighted by atomic mass is 35.5. The molecular weight excluding hydrogens is 276 g/mol. The van der Waals surface area contributed by atoms with Gasteiger partial charge in [-0.3, -0.25) is 9.69 Å². The van der Waals surface area contributed by atoms with Crippen LogP contribution in [0.2, 0.25) is 5.02 Å². The molecule has 3 N–H and O–H groups in total. The lowest BCUT2D eigenvalue weighted by atomic mass is 9.95. The largest absolute Gasteiger partial charge is 0.396 e. The van der Waals surface area contributed by atoms with Crippen LogP contribution in [0, 0.1) is 5.92 Å². The van der Waals surface area contributed by atoms with Gasteiger partial charge in [0.1, 0.15) is 0 Å². The van der Waals surface area contributed by atoms with E-state index in [1.807, 2.05) is 6.07 Å². The van der Waals surface area contributed by atoms with Gasteiger partial charge in [-0.15, -0.1) is 0 Å². The van der Waals surface area contributed by atoms with Gasteiger partial charge in [0.05, 0.1) is 0 Å². The number of aliphatic hydroxyl groups is 1. The van der Waals surface area contributed by atoms with Gasteiger partial charge in [-0.25, -0.2) is 0 Å². The Hall–Kier alpha value is -1.10. The van der Waals surface area contributed by atoms with Crippen LogP contribution in [0.5, 0.6) is 0 Å². The van der Waals surface area contributed by atoms with Gasteiger partial charge < -0.3 is 10.8 Å². The number of hydrogen-bond acceptors (Lipinski definition) is 3. The minimum Gasteiger partial charge on any atom is -0.396 e. The molecule has 1 aliphatic rings. The van der Waals surface area contributed by atoms with Crippen LogP contribution in [0.3, 0.4) is 0 Å². The van der Waals surface area contributed by atoms with E-state index in [-0.39, 0.29) is 6.61 Å². The lowest BCUT2D eigenvalue weighted by Crippen LogP contribution is -2.35. The number of aliphatic hydroxyl groups excluding tert-OH is 1.